The molecule has 47 heavy (non-hydrogen) atoms. The number of amides is 1. The summed E-state index contributed by atoms with van der Waals surface area (Å²) in [6.45, 7) is 14.8. The molecule has 6 rings (SSSR count). The Balaban J connectivity index is 1.30. The number of ether oxygens (including phenoxy) is 2. The van der Waals surface area contributed by atoms with Gasteiger partial charge in [-0.25, -0.2) is 11.0 Å². The van der Waals surface area contributed by atoms with Gasteiger partial charge in [0.1, 0.15) is 18.5 Å². The summed E-state index contributed by atoms with van der Waals surface area (Å²) >= 11 is 6.71. The maximum atomic E-state index is 13.9. The molecule has 2 aliphatic heterocycles. The first-order valence-electron chi connectivity index (χ1n) is 16.1. The number of fused-ring (bicyclic) bond motifs is 2. The van der Waals surface area contributed by atoms with Gasteiger partial charge in [-0.3, -0.25) is 9.69 Å². The Labute approximate surface area is 280 Å². The fourth-order valence-corrected chi connectivity index (χ4v) is 7.47. The van der Waals surface area contributed by atoms with Gasteiger partial charge in [0, 0.05) is 62.0 Å². The van der Waals surface area contributed by atoms with Crippen LogP contribution in [0.3, 0.4) is 0 Å². The lowest BCUT2D eigenvalue weighted by molar-refractivity contribution is -0.131. The molecule has 248 valence electrons. The van der Waals surface area contributed by atoms with Gasteiger partial charge in [0.15, 0.2) is 5.83 Å². The van der Waals surface area contributed by atoms with Crippen molar-refractivity contribution in [3.05, 3.63) is 76.5 Å². The molecule has 3 heterocycles. The lowest BCUT2D eigenvalue weighted by Crippen LogP contribution is -2.57. The highest BCUT2D eigenvalue weighted by atomic mass is 35.5. The van der Waals surface area contributed by atoms with Crippen LogP contribution in [0.2, 0.25) is 5.02 Å². The minimum Gasteiger partial charge on any atom is -0.462 e. The first-order chi connectivity index (χ1) is 22.7. The predicted octanol–water partition coefficient (Wildman–Crippen LogP) is 5.15. The number of hydrogen-bond donors (Lipinski definition) is 0. The van der Waals surface area contributed by atoms with Crippen LogP contribution in [0.5, 0.6) is 6.01 Å². The summed E-state index contributed by atoms with van der Waals surface area (Å²) in [6.07, 6.45) is 4.07. The molecule has 0 unspecified atom stereocenters. The van der Waals surface area contributed by atoms with E-state index in [0.717, 1.165) is 52.9 Å². The molecule has 1 aromatic heterocycles. The van der Waals surface area contributed by atoms with E-state index in [1.165, 1.54) is 11.3 Å². The zero-order valence-electron chi connectivity index (χ0n) is 27.1. The second kappa shape index (κ2) is 14.0. The van der Waals surface area contributed by atoms with Gasteiger partial charge in [-0.2, -0.15) is 9.97 Å². The number of hydrogen-bond acceptors (Lipinski definition) is 8. The van der Waals surface area contributed by atoms with E-state index in [4.69, 9.17) is 37.6 Å². The smallest absolute Gasteiger partial charge is 0.318 e. The number of aromatic nitrogens is 2. The summed E-state index contributed by atoms with van der Waals surface area (Å²) in [5, 5.41) is 2.78. The van der Waals surface area contributed by atoms with Gasteiger partial charge < -0.3 is 29.0 Å². The largest absolute Gasteiger partial charge is 0.462 e. The number of carbonyl (C=O) groups is 1. The zero-order valence-corrected chi connectivity index (χ0v) is 27.8. The quantitative estimate of drug-likeness (QED) is 0.207. The molecule has 3 aromatic rings. The minimum absolute atomic E-state index is 0.0418. The molecule has 0 bridgehead atoms. The third-order valence-corrected chi connectivity index (χ3v) is 10.3. The Bertz CT molecular complexity index is 1690. The third kappa shape index (κ3) is 6.59. The fraction of sp³-hybridized carbons (Fsp3) is 0.486. The van der Waals surface area contributed by atoms with Crippen LogP contribution in [0.1, 0.15) is 30.5 Å². The molecule has 0 radical (unpaired) electrons. The Kier molecular flexibility index (Phi) is 9.82. The van der Waals surface area contributed by atoms with Crippen LogP contribution >= 0.6 is 11.6 Å². The molecule has 2 fully saturated rings. The van der Waals surface area contributed by atoms with E-state index in [0.29, 0.717) is 50.8 Å². The lowest BCUT2D eigenvalue weighted by Gasteiger charge is -2.48. The van der Waals surface area contributed by atoms with E-state index in [-0.39, 0.29) is 24.6 Å². The monoisotopic (exact) mass is 661 g/mol. The summed E-state index contributed by atoms with van der Waals surface area (Å²) < 4.78 is 25.7. The van der Waals surface area contributed by atoms with E-state index in [9.17, 15) is 9.18 Å². The molecule has 1 atom stereocenters. The van der Waals surface area contributed by atoms with Gasteiger partial charge in [0.2, 0.25) is 6.54 Å². The van der Waals surface area contributed by atoms with Crippen LogP contribution in [-0.4, -0.2) is 104 Å². The molecular weight excluding hydrogens is 621 g/mol. The van der Waals surface area contributed by atoms with Crippen LogP contribution < -0.4 is 14.5 Å². The molecule has 3 aliphatic rings. The highest BCUT2D eigenvalue weighted by Gasteiger charge is 2.41. The average Bonchev–Trinajstić information content (AvgIpc) is 3.05. The third-order valence-electron chi connectivity index (χ3n) is 9.94. The number of rotatable bonds is 11. The van der Waals surface area contributed by atoms with Gasteiger partial charge in [0.25, 0.3) is 5.91 Å². The van der Waals surface area contributed by atoms with Crippen molar-refractivity contribution in [3.63, 3.8) is 0 Å². The molecule has 1 saturated heterocycles. The number of carbonyl (C=O) groups excluding carboxylic acids is 1. The normalized spacial score (nSPS) is 18.9. The predicted molar refractivity (Wildman–Crippen MR) is 182 cm³/mol. The second-order valence-corrected chi connectivity index (χ2v) is 13.1. The zero-order chi connectivity index (χ0) is 33.1. The Hall–Kier alpha value is -3.98. The second-order valence-electron chi connectivity index (χ2n) is 12.7. The summed E-state index contributed by atoms with van der Waals surface area (Å²) in [5.74, 6) is -1.04. The summed E-state index contributed by atoms with van der Waals surface area (Å²) in [6, 6.07) is 11.9. The maximum Gasteiger partial charge on any atom is 0.318 e. The van der Waals surface area contributed by atoms with Crippen LogP contribution in [0.15, 0.2) is 48.8 Å². The van der Waals surface area contributed by atoms with E-state index < -0.39 is 17.8 Å². The molecule has 0 N–H and O–H groups in total. The first-order valence-corrected chi connectivity index (χ1v) is 16.5. The highest BCUT2D eigenvalue weighted by Crippen LogP contribution is 2.38. The van der Waals surface area contributed by atoms with Crippen LogP contribution in [0.4, 0.5) is 15.9 Å². The van der Waals surface area contributed by atoms with Crippen molar-refractivity contribution < 1.29 is 18.7 Å². The standard InChI is InChI=1S/C35H41ClFN7O3/c1-24(37)33(45)44-17-16-43(21-26(44)20-38-2)32-27-12-15-42(30-11-6-9-25-8-5-10-28(36)31(25)30)22-29(27)39-34(40-32)47-19-18-41(3)35(23-46-4)13-7-14-35/h5-6,8-11,26H,1,7,12-23H2,3-4H3/t26-/m0/s1. The number of halogens is 2. The summed E-state index contributed by atoms with van der Waals surface area (Å²) in [7, 11) is 3.85. The number of methoxy groups -OCH3 is 1. The maximum absolute atomic E-state index is 13.9. The van der Waals surface area contributed by atoms with E-state index in [1.807, 2.05) is 18.2 Å². The van der Waals surface area contributed by atoms with Gasteiger partial charge in [-0.15, -0.1) is 0 Å². The van der Waals surface area contributed by atoms with E-state index >= 15 is 0 Å². The number of anilines is 2. The number of benzene rings is 2. The highest BCUT2D eigenvalue weighted by molar-refractivity contribution is 6.36. The van der Waals surface area contributed by atoms with Crippen molar-refractivity contribution in [1.29, 1.82) is 0 Å². The van der Waals surface area contributed by atoms with Gasteiger partial charge in [-0.1, -0.05) is 42.4 Å². The van der Waals surface area contributed by atoms with Gasteiger partial charge in [0.05, 0.1) is 23.9 Å². The molecule has 1 amide bonds. The Morgan fingerprint density at radius 1 is 1.19 bits per heavy atom. The summed E-state index contributed by atoms with van der Waals surface area (Å²) in [5.41, 5.74) is 2.96. The molecule has 10 nitrogen and oxygen atoms in total. The fourth-order valence-electron chi connectivity index (χ4n) is 7.19. The van der Waals surface area contributed by atoms with Crippen molar-refractivity contribution in [2.45, 2.75) is 43.8 Å². The Morgan fingerprint density at radius 3 is 2.68 bits per heavy atom. The van der Waals surface area contributed by atoms with Gasteiger partial charge >= 0.3 is 6.01 Å². The molecular formula is C35H41ClFN7O3. The minimum atomic E-state index is -1.02. The van der Waals surface area contributed by atoms with Crippen molar-refractivity contribution in [2.75, 3.05) is 76.4 Å². The Morgan fingerprint density at radius 2 is 1.98 bits per heavy atom. The van der Waals surface area contributed by atoms with E-state index in [1.54, 1.807) is 7.11 Å². The number of likely N-dealkylation sites (N-methyl/N-ethyl adjacent to an activating group) is 1. The number of nitrogens with zero attached hydrogens (tertiary/aromatic N) is 7. The van der Waals surface area contributed by atoms with Crippen molar-refractivity contribution >= 4 is 39.8 Å². The molecule has 1 aliphatic carbocycles. The van der Waals surface area contributed by atoms with Crippen molar-refractivity contribution in [2.24, 2.45) is 0 Å². The lowest BCUT2D eigenvalue weighted by atomic mass is 9.76. The van der Waals surface area contributed by atoms with Gasteiger partial charge in [-0.05, 0) is 50.2 Å². The molecule has 1 saturated carbocycles. The molecule has 2 aromatic carbocycles. The summed E-state index contributed by atoms with van der Waals surface area (Å²) in [4.78, 5) is 34.1. The first kappa shape index (κ1) is 32.9. The molecule has 0 spiro atoms. The van der Waals surface area contributed by atoms with E-state index in [2.05, 4.69) is 51.4 Å². The topological polar surface area (TPSA) is 78.6 Å². The van der Waals surface area contributed by atoms with Crippen LogP contribution in [0.25, 0.3) is 15.6 Å². The average molecular weight is 662 g/mol. The van der Waals surface area contributed by atoms with Crippen LogP contribution in [0, 0.1) is 6.57 Å². The van der Waals surface area contributed by atoms with Crippen molar-refractivity contribution in [3.8, 4) is 6.01 Å². The van der Waals surface area contributed by atoms with Crippen molar-refractivity contribution in [1.82, 2.24) is 19.8 Å². The van der Waals surface area contributed by atoms with Crippen LogP contribution in [-0.2, 0) is 22.5 Å². The SMILES string of the molecule is [C-]#[N+]C[C@H]1CN(c2nc(OCCN(C)C3(COC)CCC3)nc3c2CCN(c2cccc4cccc(Cl)c24)C3)CCN1C(=O)C(=C)F. The molecule has 12 heteroatoms. The number of piperazine rings is 1.